The molecule has 0 N–H and O–H groups in total. The normalized spacial score (nSPS) is 20.8. The molecule has 2 aromatic carbocycles. The van der Waals surface area contributed by atoms with E-state index in [0.717, 1.165) is 37.8 Å². The van der Waals surface area contributed by atoms with Gasteiger partial charge in [0, 0.05) is 0 Å². The molecule has 0 amide bonds. The summed E-state index contributed by atoms with van der Waals surface area (Å²) >= 11 is 0. The maximum atomic E-state index is 14.2. The Morgan fingerprint density at radius 1 is 0.969 bits per heavy atom. The van der Waals surface area contributed by atoms with Crippen molar-refractivity contribution in [3.63, 3.8) is 0 Å². The average molecular weight is 450 g/mol. The number of alkyl halides is 3. The molecule has 0 heterocycles. The first-order valence-corrected chi connectivity index (χ1v) is 11.2. The number of hydrogen-bond acceptors (Lipinski definition) is 1. The van der Waals surface area contributed by atoms with Gasteiger partial charge in [-0.2, -0.15) is 0 Å². The molecule has 172 valence electrons. The maximum absolute atomic E-state index is 14.2. The second-order valence-electron chi connectivity index (χ2n) is 8.90. The molecule has 2 aromatic rings. The summed E-state index contributed by atoms with van der Waals surface area (Å²) in [5.41, 5.74) is 5.79. The van der Waals surface area contributed by atoms with Gasteiger partial charge in [0.1, 0.15) is 0 Å². The Morgan fingerprint density at radius 2 is 1.59 bits per heavy atom. The average Bonchev–Trinajstić information content (AvgIpc) is 2.75. The fourth-order valence-electron chi connectivity index (χ4n) is 5.30. The third kappa shape index (κ3) is 5.00. The van der Waals surface area contributed by atoms with Gasteiger partial charge in [0.05, 0.1) is 0 Å². The van der Waals surface area contributed by atoms with E-state index in [1.165, 1.54) is 35.1 Å². The Hall–Kier alpha value is -2.37. The largest absolute Gasteiger partial charge is 0.573 e. The van der Waals surface area contributed by atoms with E-state index in [9.17, 15) is 22.0 Å². The molecule has 32 heavy (non-hydrogen) atoms. The first kappa shape index (κ1) is 22.8. The lowest BCUT2D eigenvalue weighted by molar-refractivity contribution is -0.276. The fraction of sp³-hybridized carbons (Fsp3) is 0.462. The molecule has 2 aliphatic carbocycles. The lowest BCUT2D eigenvalue weighted by Crippen LogP contribution is -2.21. The van der Waals surface area contributed by atoms with E-state index in [-0.39, 0.29) is 5.92 Å². The minimum absolute atomic E-state index is 0.137. The van der Waals surface area contributed by atoms with Crippen molar-refractivity contribution < 1.29 is 26.7 Å². The Balaban J connectivity index is 1.51. The van der Waals surface area contributed by atoms with Gasteiger partial charge in [0.15, 0.2) is 11.6 Å². The van der Waals surface area contributed by atoms with Gasteiger partial charge >= 0.3 is 6.36 Å². The number of ether oxygens (including phenoxy) is 1. The van der Waals surface area contributed by atoms with Crippen LogP contribution in [0.4, 0.5) is 22.0 Å². The van der Waals surface area contributed by atoms with E-state index in [0.29, 0.717) is 24.3 Å². The first-order valence-electron chi connectivity index (χ1n) is 11.2. The minimum Gasteiger partial charge on any atom is -0.399 e. The summed E-state index contributed by atoms with van der Waals surface area (Å²) in [5, 5.41) is 0. The second kappa shape index (κ2) is 9.24. The van der Waals surface area contributed by atoms with Crippen molar-refractivity contribution in [3.05, 3.63) is 75.9 Å². The van der Waals surface area contributed by atoms with Crippen molar-refractivity contribution in [1.29, 1.82) is 0 Å². The van der Waals surface area contributed by atoms with Crippen LogP contribution >= 0.6 is 0 Å². The summed E-state index contributed by atoms with van der Waals surface area (Å²) in [7, 11) is 0. The molecule has 0 radical (unpaired) electrons. The zero-order valence-electron chi connectivity index (χ0n) is 18.1. The summed E-state index contributed by atoms with van der Waals surface area (Å²) in [4.78, 5) is 0. The highest BCUT2D eigenvalue weighted by atomic mass is 19.4. The van der Waals surface area contributed by atoms with Crippen LogP contribution in [0.25, 0.3) is 0 Å². The summed E-state index contributed by atoms with van der Waals surface area (Å²) in [6.07, 6.45) is 7.00. The molecule has 0 saturated heterocycles. The van der Waals surface area contributed by atoms with Gasteiger partial charge < -0.3 is 4.74 Å². The number of benzene rings is 2. The van der Waals surface area contributed by atoms with Crippen molar-refractivity contribution in [2.24, 2.45) is 5.92 Å². The number of hydrogen-bond donors (Lipinski definition) is 0. The molecule has 0 aliphatic heterocycles. The Labute approximate surface area is 185 Å². The summed E-state index contributed by atoms with van der Waals surface area (Å²) < 4.78 is 69.1. The first-order chi connectivity index (χ1) is 15.2. The second-order valence-corrected chi connectivity index (χ2v) is 8.90. The fourth-order valence-corrected chi connectivity index (χ4v) is 5.30. The quantitative estimate of drug-likeness (QED) is 0.337. The van der Waals surface area contributed by atoms with Gasteiger partial charge in [-0.25, -0.2) is 8.78 Å². The molecule has 1 nitrogen and oxygen atoms in total. The van der Waals surface area contributed by atoms with Crippen LogP contribution < -0.4 is 4.74 Å². The molecule has 0 fully saturated rings. The van der Waals surface area contributed by atoms with Crippen molar-refractivity contribution in [1.82, 2.24) is 0 Å². The van der Waals surface area contributed by atoms with Gasteiger partial charge in [-0.3, -0.25) is 0 Å². The zero-order chi connectivity index (χ0) is 22.9. The van der Waals surface area contributed by atoms with Crippen LogP contribution in [0.2, 0.25) is 0 Å². The lowest BCUT2D eigenvalue weighted by Gasteiger charge is -2.32. The molecule has 0 unspecified atom stereocenters. The van der Waals surface area contributed by atoms with Gasteiger partial charge in [-0.1, -0.05) is 24.3 Å². The van der Waals surface area contributed by atoms with Crippen LogP contribution in [-0.4, -0.2) is 6.36 Å². The summed E-state index contributed by atoms with van der Waals surface area (Å²) in [6.45, 7) is 2.04. The molecular formula is C26H27F5O. The highest BCUT2D eigenvalue weighted by Crippen LogP contribution is 2.40. The molecule has 0 aromatic heterocycles. The smallest absolute Gasteiger partial charge is 0.399 e. The van der Waals surface area contributed by atoms with Crippen molar-refractivity contribution in [2.75, 3.05) is 0 Å². The highest BCUT2D eigenvalue weighted by Gasteiger charge is 2.35. The van der Waals surface area contributed by atoms with Crippen LogP contribution in [0.5, 0.6) is 5.75 Å². The van der Waals surface area contributed by atoms with E-state index in [4.69, 9.17) is 0 Å². The molecule has 4 rings (SSSR count). The highest BCUT2D eigenvalue weighted by molar-refractivity contribution is 5.46. The molecule has 6 heteroatoms. The standard InChI is InChI=1S/C26H27F5O/c1-2-3-4-5-16-6-10-21-18(12-16)7-8-19-13-17(9-11-22(19)21)20-14-23(27)25(24(28)15-20)32-26(29,30)31/h2-3,7-8,14-17H,4-6,9-13H2,1H3/b3-2+/t16-,17-/m0/s1. The predicted molar refractivity (Wildman–Crippen MR) is 114 cm³/mol. The molecule has 0 bridgehead atoms. The molecule has 0 spiro atoms. The van der Waals surface area contributed by atoms with Gasteiger partial charge in [-0.15, -0.1) is 13.2 Å². The Kier molecular flexibility index (Phi) is 6.59. The van der Waals surface area contributed by atoms with Crippen LogP contribution in [0.1, 0.15) is 66.3 Å². The zero-order valence-corrected chi connectivity index (χ0v) is 18.1. The molecule has 0 saturated carbocycles. The predicted octanol–water partition coefficient (Wildman–Crippen LogP) is 7.60. The van der Waals surface area contributed by atoms with Gasteiger partial charge in [0.2, 0.25) is 5.75 Å². The SMILES string of the molecule is C/C=C/CC[C@H]1CCc2c(ccc3c2CC[C@H](c2cc(F)c(OC(F)(F)F)c(F)c2)C3)C1. The van der Waals surface area contributed by atoms with Gasteiger partial charge in [-0.05, 0) is 110 Å². The van der Waals surface area contributed by atoms with E-state index < -0.39 is 23.7 Å². The van der Waals surface area contributed by atoms with E-state index >= 15 is 0 Å². The van der Waals surface area contributed by atoms with Crippen molar-refractivity contribution >= 4 is 0 Å². The van der Waals surface area contributed by atoms with Crippen LogP contribution in [0.15, 0.2) is 36.4 Å². The third-order valence-corrected chi connectivity index (χ3v) is 6.83. The van der Waals surface area contributed by atoms with E-state index in [1.807, 2.05) is 6.92 Å². The van der Waals surface area contributed by atoms with Crippen LogP contribution in [-0.2, 0) is 25.7 Å². The Bertz CT molecular complexity index is 985. The minimum atomic E-state index is -5.14. The van der Waals surface area contributed by atoms with E-state index in [1.54, 1.807) is 0 Å². The Morgan fingerprint density at radius 3 is 2.22 bits per heavy atom. The molecular weight excluding hydrogens is 423 g/mol. The van der Waals surface area contributed by atoms with Crippen LogP contribution in [0.3, 0.4) is 0 Å². The van der Waals surface area contributed by atoms with Crippen molar-refractivity contribution in [2.45, 2.75) is 70.6 Å². The van der Waals surface area contributed by atoms with Crippen LogP contribution in [0, 0.1) is 17.6 Å². The topological polar surface area (TPSA) is 9.23 Å². The third-order valence-electron chi connectivity index (χ3n) is 6.83. The molecule has 2 atom stereocenters. The lowest BCUT2D eigenvalue weighted by atomic mass is 9.73. The number of halogens is 5. The number of fused-ring (bicyclic) bond motifs is 3. The maximum Gasteiger partial charge on any atom is 0.573 e. The summed E-state index contributed by atoms with van der Waals surface area (Å²) in [6, 6.07) is 6.28. The van der Waals surface area contributed by atoms with Gasteiger partial charge in [0.25, 0.3) is 0 Å². The molecule has 2 aliphatic rings. The van der Waals surface area contributed by atoms with Crippen molar-refractivity contribution in [3.8, 4) is 5.75 Å². The monoisotopic (exact) mass is 450 g/mol. The number of allylic oxidation sites excluding steroid dienone is 2. The number of rotatable bonds is 5. The van der Waals surface area contributed by atoms with E-state index in [2.05, 4.69) is 29.0 Å². The summed E-state index contributed by atoms with van der Waals surface area (Å²) in [5.74, 6) is -3.47.